The summed E-state index contributed by atoms with van der Waals surface area (Å²) in [6, 6.07) is 16.4. The van der Waals surface area contributed by atoms with Gasteiger partial charge in [-0.3, -0.25) is 14.9 Å². The van der Waals surface area contributed by atoms with Crippen molar-refractivity contribution in [2.24, 2.45) is 5.92 Å². The van der Waals surface area contributed by atoms with E-state index >= 15 is 0 Å². The van der Waals surface area contributed by atoms with Gasteiger partial charge in [0.15, 0.2) is 5.11 Å². The third-order valence-corrected chi connectivity index (χ3v) is 5.42. The minimum atomic E-state index is -0.840. The summed E-state index contributed by atoms with van der Waals surface area (Å²) in [7, 11) is 2.57. The Morgan fingerprint density at radius 3 is 2.07 bits per heavy atom. The molecule has 0 aromatic heterocycles. The fourth-order valence-corrected chi connectivity index (χ4v) is 4.06. The Kier molecular flexibility index (Phi) is 6.79. The summed E-state index contributed by atoms with van der Waals surface area (Å²) in [6.45, 7) is 0. The van der Waals surface area contributed by atoms with Gasteiger partial charge in [0.05, 0.1) is 26.2 Å². The highest BCUT2D eigenvalue weighted by atomic mass is 32.1. The molecule has 0 unspecified atom stereocenters. The van der Waals surface area contributed by atoms with Gasteiger partial charge in [0.25, 0.3) is 5.91 Å². The van der Waals surface area contributed by atoms with Crippen LogP contribution in [0.3, 0.4) is 0 Å². The molecule has 1 amide bonds. The Labute approximate surface area is 180 Å². The number of thiocarbonyl (C=S) groups is 1. The minimum Gasteiger partial charge on any atom is -0.469 e. The number of amides is 1. The maximum absolute atomic E-state index is 12.6. The van der Waals surface area contributed by atoms with E-state index in [1.807, 2.05) is 30.3 Å². The van der Waals surface area contributed by atoms with Crippen molar-refractivity contribution in [2.45, 2.75) is 18.5 Å². The van der Waals surface area contributed by atoms with Crippen LogP contribution in [-0.2, 0) is 19.1 Å². The summed E-state index contributed by atoms with van der Waals surface area (Å²) in [4.78, 5) is 39.3. The Hall–Kier alpha value is -3.26. The molecule has 1 saturated heterocycles. The summed E-state index contributed by atoms with van der Waals surface area (Å²) < 4.78 is 9.92. The topological polar surface area (TPSA) is 84.9 Å². The molecule has 0 spiro atoms. The molecule has 0 bridgehead atoms. The van der Waals surface area contributed by atoms with Crippen molar-refractivity contribution in [1.29, 1.82) is 0 Å². The molecule has 1 aliphatic rings. The number of ether oxygens (including phenoxy) is 2. The van der Waals surface area contributed by atoms with Gasteiger partial charge in [-0.15, -0.1) is 0 Å². The van der Waals surface area contributed by atoms with E-state index in [1.54, 1.807) is 35.2 Å². The number of esters is 2. The van der Waals surface area contributed by atoms with Gasteiger partial charge in [0, 0.05) is 5.56 Å². The maximum atomic E-state index is 12.6. The zero-order valence-electron chi connectivity index (χ0n) is 16.6. The second kappa shape index (κ2) is 9.49. The predicted octanol–water partition coefficient (Wildman–Crippen LogP) is 2.48. The van der Waals surface area contributed by atoms with Crippen LogP contribution < -0.4 is 5.32 Å². The van der Waals surface area contributed by atoms with E-state index in [9.17, 15) is 14.4 Å². The molecule has 0 saturated carbocycles. The van der Waals surface area contributed by atoms with Crippen LogP contribution in [0.5, 0.6) is 0 Å². The molecule has 30 heavy (non-hydrogen) atoms. The maximum Gasteiger partial charge on any atom is 0.328 e. The smallest absolute Gasteiger partial charge is 0.328 e. The number of hydrogen-bond donors (Lipinski definition) is 1. The SMILES string of the molecule is COC(=O)[C@H]1C[C@@H](C(=O)OC)N(C(=S)NC(=O)c2ccccc2)[C@H]1c1ccccc1. The van der Waals surface area contributed by atoms with Gasteiger partial charge in [-0.1, -0.05) is 48.5 Å². The van der Waals surface area contributed by atoms with Crippen LogP contribution in [0, 0.1) is 5.92 Å². The van der Waals surface area contributed by atoms with Crippen molar-refractivity contribution in [1.82, 2.24) is 10.2 Å². The normalized spacial score (nSPS) is 20.3. The number of hydrogen-bond acceptors (Lipinski definition) is 6. The zero-order valence-corrected chi connectivity index (χ0v) is 17.4. The highest BCUT2D eigenvalue weighted by Gasteiger charge is 2.50. The molecular formula is C22H22N2O5S. The number of carbonyl (C=O) groups is 3. The number of rotatable bonds is 4. The summed E-state index contributed by atoms with van der Waals surface area (Å²) in [6.07, 6.45) is 0.153. The molecule has 1 N–H and O–H groups in total. The Morgan fingerprint density at radius 1 is 0.933 bits per heavy atom. The van der Waals surface area contributed by atoms with E-state index in [1.165, 1.54) is 14.2 Å². The monoisotopic (exact) mass is 426 g/mol. The lowest BCUT2D eigenvalue weighted by Crippen LogP contribution is -2.49. The third-order valence-electron chi connectivity index (χ3n) is 5.10. The molecule has 3 rings (SSSR count). The molecule has 3 atom stereocenters. The number of methoxy groups -OCH3 is 2. The lowest BCUT2D eigenvalue weighted by molar-refractivity contribution is -0.146. The second-order valence-corrected chi connectivity index (χ2v) is 7.18. The van der Waals surface area contributed by atoms with Gasteiger partial charge >= 0.3 is 11.9 Å². The zero-order chi connectivity index (χ0) is 21.7. The van der Waals surface area contributed by atoms with Crippen molar-refractivity contribution in [3.05, 3.63) is 71.8 Å². The standard InChI is InChI=1S/C22H22N2O5S/c1-28-20(26)16-13-17(21(27)29-2)24(18(16)14-9-5-3-6-10-14)22(30)23-19(25)15-11-7-4-8-12-15/h3-12,16-18H,13H2,1-2H3,(H,23,25,30)/t16-,17-,18-/m0/s1. The molecule has 1 heterocycles. The van der Waals surface area contributed by atoms with Crippen LogP contribution in [0.25, 0.3) is 0 Å². The van der Waals surface area contributed by atoms with Gasteiger partial charge in [-0.05, 0) is 36.3 Å². The summed E-state index contributed by atoms with van der Waals surface area (Å²) in [5, 5.41) is 2.72. The van der Waals surface area contributed by atoms with Gasteiger partial charge < -0.3 is 14.4 Å². The number of nitrogens with zero attached hydrogens (tertiary/aromatic N) is 1. The van der Waals surface area contributed by atoms with Crippen LogP contribution in [0.4, 0.5) is 0 Å². The Balaban J connectivity index is 1.98. The summed E-state index contributed by atoms with van der Waals surface area (Å²) in [5.74, 6) is -2.07. The van der Waals surface area contributed by atoms with E-state index in [0.29, 0.717) is 5.56 Å². The lowest BCUT2D eigenvalue weighted by atomic mass is 9.93. The van der Waals surface area contributed by atoms with Gasteiger partial charge in [-0.2, -0.15) is 0 Å². The predicted molar refractivity (Wildman–Crippen MR) is 113 cm³/mol. The molecule has 1 fully saturated rings. The van der Waals surface area contributed by atoms with Crippen LogP contribution >= 0.6 is 12.2 Å². The highest BCUT2D eigenvalue weighted by Crippen LogP contribution is 2.42. The van der Waals surface area contributed by atoms with E-state index in [0.717, 1.165) is 5.56 Å². The van der Waals surface area contributed by atoms with Gasteiger partial charge in [0.2, 0.25) is 0 Å². The van der Waals surface area contributed by atoms with Gasteiger partial charge in [-0.25, -0.2) is 4.79 Å². The third kappa shape index (κ3) is 4.33. The van der Waals surface area contributed by atoms with Crippen LogP contribution in [-0.4, -0.2) is 48.1 Å². The fraction of sp³-hybridized carbons (Fsp3) is 0.273. The van der Waals surface area contributed by atoms with Crippen molar-refractivity contribution < 1.29 is 23.9 Å². The van der Waals surface area contributed by atoms with E-state index in [4.69, 9.17) is 21.7 Å². The first-order valence-electron chi connectivity index (χ1n) is 9.37. The fourth-order valence-electron chi connectivity index (χ4n) is 3.73. The van der Waals surface area contributed by atoms with E-state index < -0.39 is 35.8 Å². The average Bonchev–Trinajstić information content (AvgIpc) is 3.20. The second-order valence-electron chi connectivity index (χ2n) is 6.79. The van der Waals surface area contributed by atoms with Crippen molar-refractivity contribution >= 4 is 35.2 Å². The molecular weight excluding hydrogens is 404 g/mol. The Morgan fingerprint density at radius 2 is 1.50 bits per heavy atom. The minimum absolute atomic E-state index is 0.0412. The molecule has 2 aromatic rings. The first-order chi connectivity index (χ1) is 14.5. The molecule has 0 aliphatic carbocycles. The summed E-state index contributed by atoms with van der Waals surface area (Å²) in [5.41, 5.74) is 1.20. The first-order valence-corrected chi connectivity index (χ1v) is 9.78. The number of nitrogens with one attached hydrogen (secondary N) is 1. The van der Waals surface area contributed by atoms with Crippen LogP contribution in [0.15, 0.2) is 60.7 Å². The van der Waals surface area contributed by atoms with Crippen molar-refractivity contribution in [3.8, 4) is 0 Å². The molecule has 156 valence electrons. The Bertz CT molecular complexity index is 935. The lowest BCUT2D eigenvalue weighted by Gasteiger charge is -2.32. The molecule has 7 nitrogen and oxygen atoms in total. The number of likely N-dealkylation sites (tertiary alicyclic amines) is 1. The molecule has 2 aromatic carbocycles. The van der Waals surface area contributed by atoms with Crippen LogP contribution in [0.1, 0.15) is 28.4 Å². The van der Waals surface area contributed by atoms with Crippen molar-refractivity contribution in [2.75, 3.05) is 14.2 Å². The molecule has 0 radical (unpaired) electrons. The number of carbonyl (C=O) groups excluding carboxylic acids is 3. The average molecular weight is 426 g/mol. The van der Waals surface area contributed by atoms with Crippen LogP contribution in [0.2, 0.25) is 0 Å². The largest absolute Gasteiger partial charge is 0.469 e. The number of benzene rings is 2. The summed E-state index contributed by atoms with van der Waals surface area (Å²) >= 11 is 5.52. The van der Waals surface area contributed by atoms with Crippen molar-refractivity contribution in [3.63, 3.8) is 0 Å². The first kappa shape index (κ1) is 21.4. The van der Waals surface area contributed by atoms with Gasteiger partial charge in [0.1, 0.15) is 6.04 Å². The molecule has 1 aliphatic heterocycles. The quantitative estimate of drug-likeness (QED) is 0.594. The van der Waals surface area contributed by atoms with E-state index in [-0.39, 0.29) is 11.5 Å². The highest BCUT2D eigenvalue weighted by molar-refractivity contribution is 7.80. The molecule has 8 heteroatoms. The van der Waals surface area contributed by atoms with E-state index in [2.05, 4.69) is 5.32 Å².